The number of aliphatic hydroxyl groups excluding tert-OH is 3. The summed E-state index contributed by atoms with van der Waals surface area (Å²) in [5, 5.41) is 47.1. The van der Waals surface area contributed by atoms with E-state index in [9.17, 15) is 39.3 Å². The summed E-state index contributed by atoms with van der Waals surface area (Å²) in [7, 11) is 2.07. The molecular weight excluding hydrogens is 826 g/mol. The molecule has 5 N–H and O–H groups in total. The molecule has 352 valence electrons. The van der Waals surface area contributed by atoms with Crippen LogP contribution in [-0.2, 0) is 47.5 Å². The van der Waals surface area contributed by atoms with Crippen LogP contribution in [0, 0.1) is 22.2 Å². The fraction of sp³-hybridized carbons (Fsp3) is 0.689. The van der Waals surface area contributed by atoms with Crippen LogP contribution in [0.5, 0.6) is 0 Å². The minimum atomic E-state index is -2.46. The number of carbonyl (C=O) groups is 6. The van der Waals surface area contributed by atoms with E-state index in [4.69, 9.17) is 38.3 Å². The first-order chi connectivity index (χ1) is 28.9. The Morgan fingerprint density at radius 3 is 2.02 bits per heavy atom. The lowest BCUT2D eigenvalue weighted by atomic mass is 9.44. The monoisotopic (exact) mass is 891 g/mol. The van der Waals surface area contributed by atoms with E-state index in [1.807, 2.05) is 0 Å². The quantitative estimate of drug-likeness (QED) is 0.142. The van der Waals surface area contributed by atoms with Crippen LogP contribution in [-0.4, -0.2) is 136 Å². The molecule has 5 rings (SSSR count). The first-order valence-corrected chi connectivity index (χ1v) is 20.7. The number of Topliss-reactive ketones (excluding diaryl/α,β-unsaturated/α-hetero) is 1. The van der Waals surface area contributed by atoms with Crippen molar-refractivity contribution in [1.29, 1.82) is 0 Å². The SMILES string of the molecule is CO.COC(=O)O[C@@]12CO[C@@H]1CC(O)[C@@]1(C)C(=O)[C@H](OC(C)=O)C3=C(C)[C@@](C)(OC(=O)[C@H](O)[C@@H](NC(=O)OC(C)(C)C)C(C)(C)C)C[C@@](O)([C@@H](OC(=O)c4ccccc4)C12)C3(C)C. The molecule has 1 saturated heterocycles. The van der Waals surface area contributed by atoms with Gasteiger partial charge in [0.1, 0.15) is 29.0 Å². The Morgan fingerprint density at radius 1 is 0.937 bits per heavy atom. The van der Waals surface area contributed by atoms with E-state index >= 15 is 4.79 Å². The normalized spacial score (nSPS) is 33.0. The van der Waals surface area contributed by atoms with Gasteiger partial charge >= 0.3 is 30.2 Å². The number of ether oxygens (including phenoxy) is 7. The second-order valence-electron chi connectivity index (χ2n) is 19.7. The minimum absolute atomic E-state index is 0.0342. The van der Waals surface area contributed by atoms with Gasteiger partial charge in [-0.3, -0.25) is 9.59 Å². The summed E-state index contributed by atoms with van der Waals surface area (Å²) in [5.41, 5.74) is -11.9. The van der Waals surface area contributed by atoms with Gasteiger partial charge in [0, 0.05) is 32.3 Å². The van der Waals surface area contributed by atoms with Crippen molar-refractivity contribution < 1.29 is 82.4 Å². The first kappa shape index (κ1) is 51.0. The molecule has 0 spiro atoms. The van der Waals surface area contributed by atoms with Gasteiger partial charge in [-0.1, -0.05) is 52.8 Å². The average Bonchev–Trinajstić information content (AvgIpc) is 3.17. The molecular formula is C45H65NO17. The van der Waals surface area contributed by atoms with Crippen LogP contribution >= 0.6 is 0 Å². The number of amides is 1. The number of rotatable bonds is 8. The van der Waals surface area contributed by atoms with Crippen LogP contribution < -0.4 is 5.32 Å². The van der Waals surface area contributed by atoms with E-state index in [2.05, 4.69) is 5.32 Å². The number of esters is 3. The van der Waals surface area contributed by atoms with Crippen LogP contribution in [0.25, 0.3) is 0 Å². The van der Waals surface area contributed by atoms with Crippen molar-refractivity contribution in [1.82, 2.24) is 5.32 Å². The Hall–Kier alpha value is -4.62. The smallest absolute Gasteiger partial charge is 0.455 e. The van der Waals surface area contributed by atoms with E-state index in [0.29, 0.717) is 0 Å². The highest BCUT2D eigenvalue weighted by Gasteiger charge is 2.79. The third kappa shape index (κ3) is 9.06. The molecule has 0 radical (unpaired) electrons. The Balaban J connectivity index is 0.00000429. The molecule has 2 saturated carbocycles. The van der Waals surface area contributed by atoms with E-state index in [0.717, 1.165) is 21.1 Å². The summed E-state index contributed by atoms with van der Waals surface area (Å²) >= 11 is 0. The first-order valence-electron chi connectivity index (χ1n) is 20.7. The molecule has 63 heavy (non-hydrogen) atoms. The zero-order chi connectivity index (χ0) is 48.1. The lowest BCUT2D eigenvalue weighted by molar-refractivity contribution is -0.345. The van der Waals surface area contributed by atoms with Crippen LogP contribution in [0.3, 0.4) is 0 Å². The fourth-order valence-corrected chi connectivity index (χ4v) is 9.79. The highest BCUT2D eigenvalue weighted by Crippen LogP contribution is 2.65. The molecule has 11 atom stereocenters. The van der Waals surface area contributed by atoms with Gasteiger partial charge in [0.15, 0.2) is 23.6 Å². The predicted molar refractivity (Wildman–Crippen MR) is 222 cm³/mol. The number of ketones is 1. The number of alkyl carbamates (subject to hydrolysis) is 1. The Labute approximate surface area is 367 Å². The largest absolute Gasteiger partial charge is 0.508 e. The average molecular weight is 892 g/mol. The van der Waals surface area contributed by atoms with Gasteiger partial charge in [-0.2, -0.15) is 0 Å². The van der Waals surface area contributed by atoms with Crippen LogP contribution in [0.2, 0.25) is 0 Å². The highest BCUT2D eigenvalue weighted by atomic mass is 16.8. The van der Waals surface area contributed by atoms with E-state index in [1.54, 1.807) is 73.6 Å². The van der Waals surface area contributed by atoms with Crippen molar-refractivity contribution in [2.24, 2.45) is 22.2 Å². The zero-order valence-electron chi connectivity index (χ0n) is 38.6. The van der Waals surface area contributed by atoms with E-state index in [-0.39, 0.29) is 29.7 Å². The summed E-state index contributed by atoms with van der Waals surface area (Å²) < 4.78 is 40.6. The minimum Gasteiger partial charge on any atom is -0.455 e. The van der Waals surface area contributed by atoms with Gasteiger partial charge in [-0.05, 0) is 70.2 Å². The van der Waals surface area contributed by atoms with Gasteiger partial charge in [0.25, 0.3) is 0 Å². The van der Waals surface area contributed by atoms with Gasteiger partial charge < -0.3 is 58.9 Å². The molecule has 2 unspecified atom stereocenters. The standard InChI is InChI=1S/C44H61NO16.CH4O/c1-22-27-29(57-23(2)46)32(49)42(12)25(47)19-26-43(21-56-26,61-37(53)55-13)30(42)33(58-34(50)24-17-15-14-16-18-24)44(54,40(27,9)10)20-41(22,11)59-35(51)28(48)31(38(3,4)5)45-36(52)60-39(6,7)8;1-2/h14-18,25-26,28-31,33,47-48,54H,19-21H2,1-13H3,(H,45,52);2H,1H3/t25?,26-,28-,29-,30?,31-,33+,41+,42-,43+,44-;/m1./s1. The number of methoxy groups -OCH3 is 1. The Kier molecular flexibility index (Phi) is 14.4. The molecule has 3 aliphatic carbocycles. The predicted octanol–water partition coefficient (Wildman–Crippen LogP) is 3.72. The van der Waals surface area contributed by atoms with Crippen LogP contribution in [0.15, 0.2) is 41.5 Å². The van der Waals surface area contributed by atoms with E-state index < -0.39 is 123 Å². The molecule has 3 fully saturated rings. The molecule has 1 amide bonds. The maximum Gasteiger partial charge on any atom is 0.508 e. The lowest BCUT2D eigenvalue weighted by Crippen LogP contribution is -2.82. The van der Waals surface area contributed by atoms with Gasteiger partial charge in [0.05, 0.1) is 42.8 Å². The van der Waals surface area contributed by atoms with Crippen molar-refractivity contribution in [3.05, 3.63) is 47.0 Å². The lowest BCUT2D eigenvalue weighted by Gasteiger charge is -2.67. The summed E-state index contributed by atoms with van der Waals surface area (Å²) in [4.78, 5) is 83.3. The van der Waals surface area contributed by atoms with Crippen LogP contribution in [0.4, 0.5) is 9.59 Å². The summed E-state index contributed by atoms with van der Waals surface area (Å²) in [6.07, 6.45) is -11.5. The second-order valence-corrected chi connectivity index (χ2v) is 19.7. The number of benzene rings is 1. The molecule has 0 aromatic heterocycles. The number of nitrogens with one attached hydrogen (secondary N) is 1. The molecule has 4 aliphatic rings. The molecule has 18 nitrogen and oxygen atoms in total. The third-order valence-corrected chi connectivity index (χ3v) is 13.2. The second kappa shape index (κ2) is 17.7. The maximum atomic E-state index is 15.6. The molecule has 18 heteroatoms. The van der Waals surface area contributed by atoms with Crippen molar-refractivity contribution in [2.45, 2.75) is 155 Å². The summed E-state index contributed by atoms with van der Waals surface area (Å²) in [6.45, 7) is 18.0. The fourth-order valence-electron chi connectivity index (χ4n) is 9.79. The summed E-state index contributed by atoms with van der Waals surface area (Å²) in [6, 6.07) is 6.49. The number of fused-ring (bicyclic) bond motifs is 5. The third-order valence-electron chi connectivity index (χ3n) is 13.2. The van der Waals surface area contributed by atoms with Gasteiger partial charge in [-0.15, -0.1) is 0 Å². The molecule has 1 aromatic carbocycles. The molecule has 1 aliphatic heterocycles. The zero-order valence-corrected chi connectivity index (χ0v) is 38.6. The number of hydrogen-bond acceptors (Lipinski definition) is 17. The van der Waals surface area contributed by atoms with E-state index in [1.165, 1.54) is 32.9 Å². The number of aliphatic hydroxyl groups is 4. The number of carbonyl (C=O) groups excluding carboxylic acids is 6. The van der Waals surface area contributed by atoms with Crippen molar-refractivity contribution in [2.75, 3.05) is 20.8 Å². The maximum absolute atomic E-state index is 15.6. The van der Waals surface area contributed by atoms with Crippen molar-refractivity contribution in [3.63, 3.8) is 0 Å². The Morgan fingerprint density at radius 2 is 1.52 bits per heavy atom. The molecule has 1 aromatic rings. The molecule has 1 heterocycles. The van der Waals surface area contributed by atoms with Crippen molar-refractivity contribution in [3.8, 4) is 0 Å². The number of hydrogen-bond donors (Lipinski definition) is 5. The van der Waals surface area contributed by atoms with Crippen molar-refractivity contribution >= 4 is 35.9 Å². The summed E-state index contributed by atoms with van der Waals surface area (Å²) in [5.74, 6) is -5.66. The topological polar surface area (TPSA) is 260 Å². The van der Waals surface area contributed by atoms with Gasteiger partial charge in [-0.25, -0.2) is 19.2 Å². The van der Waals surface area contributed by atoms with Gasteiger partial charge in [0.2, 0.25) is 0 Å². The Bertz CT molecular complexity index is 1970. The van der Waals surface area contributed by atoms with Crippen LogP contribution in [0.1, 0.15) is 106 Å². The molecule has 2 bridgehead atoms. The highest BCUT2D eigenvalue weighted by molar-refractivity contribution is 5.95.